The molecule has 0 amide bonds. The summed E-state index contributed by atoms with van der Waals surface area (Å²) >= 11 is 0. The van der Waals surface area contributed by atoms with Gasteiger partial charge in [-0.3, -0.25) is 9.11 Å². The van der Waals surface area contributed by atoms with Crippen molar-refractivity contribution in [2.75, 3.05) is 11.1 Å². The number of hydrogen-bond acceptors (Lipinski definition) is 7. The smallest absolute Gasteiger partial charge is 0.295 e. The van der Waals surface area contributed by atoms with Gasteiger partial charge in [0.25, 0.3) is 20.2 Å². The minimum absolute atomic E-state index is 0.226. The Labute approximate surface area is 231 Å². The summed E-state index contributed by atoms with van der Waals surface area (Å²) in [6.07, 6.45) is 0. The average molecular weight is 579 g/mol. The summed E-state index contributed by atoms with van der Waals surface area (Å²) in [6.45, 7) is 8.80. The van der Waals surface area contributed by atoms with Gasteiger partial charge in [-0.1, -0.05) is 36.9 Å². The lowest BCUT2D eigenvalue weighted by Gasteiger charge is -2.24. The summed E-state index contributed by atoms with van der Waals surface area (Å²) in [5.41, 5.74) is 9.91. The van der Waals surface area contributed by atoms with Crippen LogP contribution >= 0.6 is 0 Å². The molecule has 11 heteroatoms. The number of benzene rings is 4. The fraction of sp³-hybridized carbons (Fsp3) is 0.103. The Hall–Kier alpha value is -4.16. The molecule has 1 heterocycles. The van der Waals surface area contributed by atoms with Gasteiger partial charge in [-0.25, -0.2) is 0 Å². The molecule has 0 atom stereocenters. The number of nitrogen functional groups attached to an aromatic ring is 1. The van der Waals surface area contributed by atoms with Crippen LogP contribution in [-0.4, -0.2) is 25.9 Å². The largest absolute Gasteiger partial charge is 0.456 e. The molecule has 0 aliphatic carbocycles. The molecule has 5 rings (SSSR count). The van der Waals surface area contributed by atoms with Crippen LogP contribution in [0.2, 0.25) is 0 Å². The lowest BCUT2D eigenvalue weighted by Crippen LogP contribution is -2.20. The SMILES string of the molecule is C=c1ccc2c(c1)Oc1cc(Nc3c(C)c(N)c(C)c(S(=O)(=O)O)c3C)ccc1C=2c1ccccc1S(=O)(=O)O. The van der Waals surface area contributed by atoms with E-state index in [2.05, 4.69) is 11.9 Å². The molecule has 0 radical (unpaired) electrons. The van der Waals surface area contributed by atoms with E-state index in [1.165, 1.54) is 19.1 Å². The topological polar surface area (TPSA) is 156 Å². The summed E-state index contributed by atoms with van der Waals surface area (Å²) in [7, 11) is -9.09. The number of nitrogens with one attached hydrogen (secondary N) is 1. The molecule has 4 aromatic rings. The van der Waals surface area contributed by atoms with Crippen LogP contribution in [0.15, 0.2) is 70.5 Å². The van der Waals surface area contributed by atoms with E-state index in [9.17, 15) is 25.9 Å². The van der Waals surface area contributed by atoms with Gasteiger partial charge in [-0.2, -0.15) is 16.8 Å². The first kappa shape index (κ1) is 27.4. The standard InChI is InChI=1S/C29H26N2O7S2/c1-15-9-11-20-23(13-15)38-24-14-19(31-28-16(2)27(30)17(3)29(18(28)4)40(35,36)37)10-12-21(24)26(20)22-7-5-6-8-25(22)39(32,33)34/h5-14,31H,1,30H2,2-4H3,(H,32,33,34)(H,35,36,37). The van der Waals surface area contributed by atoms with Crippen molar-refractivity contribution in [2.45, 2.75) is 30.6 Å². The van der Waals surface area contributed by atoms with Crippen LogP contribution in [0.1, 0.15) is 27.8 Å². The number of fused-ring (bicyclic) bond motifs is 2. The summed E-state index contributed by atoms with van der Waals surface area (Å²) in [5.74, 6) is 0.825. The molecular weight excluding hydrogens is 552 g/mol. The Morgan fingerprint density at radius 2 is 1.50 bits per heavy atom. The van der Waals surface area contributed by atoms with Gasteiger partial charge in [-0.05, 0) is 66.9 Å². The number of nitrogens with two attached hydrogens (primary N) is 1. The molecule has 1 aliphatic rings. The molecule has 0 fully saturated rings. The van der Waals surface area contributed by atoms with E-state index in [0.717, 1.165) is 0 Å². The van der Waals surface area contributed by atoms with E-state index >= 15 is 0 Å². The van der Waals surface area contributed by atoms with Crippen molar-refractivity contribution < 1.29 is 30.7 Å². The van der Waals surface area contributed by atoms with Gasteiger partial charge < -0.3 is 15.8 Å². The van der Waals surface area contributed by atoms with Gasteiger partial charge in [0.2, 0.25) is 0 Å². The third kappa shape index (κ3) is 4.62. The van der Waals surface area contributed by atoms with Crippen LogP contribution in [0, 0.1) is 20.8 Å². The highest BCUT2D eigenvalue weighted by Gasteiger charge is 2.27. The average Bonchev–Trinajstić information content (AvgIpc) is 2.87. The van der Waals surface area contributed by atoms with Crippen LogP contribution in [0.3, 0.4) is 0 Å². The third-order valence-electron chi connectivity index (χ3n) is 6.99. The van der Waals surface area contributed by atoms with Crippen molar-refractivity contribution in [1.29, 1.82) is 0 Å². The first-order chi connectivity index (χ1) is 18.7. The monoisotopic (exact) mass is 578 g/mol. The van der Waals surface area contributed by atoms with Gasteiger partial charge in [0.1, 0.15) is 21.3 Å². The Kier molecular flexibility index (Phi) is 6.50. The van der Waals surface area contributed by atoms with Crippen molar-refractivity contribution in [3.63, 3.8) is 0 Å². The van der Waals surface area contributed by atoms with E-state index < -0.39 is 20.2 Å². The van der Waals surface area contributed by atoms with Crippen LogP contribution in [-0.2, 0) is 20.2 Å². The molecule has 0 unspecified atom stereocenters. The molecule has 9 nitrogen and oxygen atoms in total. The normalized spacial score (nSPS) is 12.9. The van der Waals surface area contributed by atoms with E-state index in [-0.39, 0.29) is 21.0 Å². The fourth-order valence-corrected chi connectivity index (χ4v) is 6.82. The van der Waals surface area contributed by atoms with E-state index in [1.807, 2.05) is 0 Å². The minimum atomic E-state index is -4.55. The van der Waals surface area contributed by atoms with Crippen molar-refractivity contribution in [3.05, 3.63) is 98.9 Å². The first-order valence-corrected chi connectivity index (χ1v) is 14.9. The highest BCUT2D eigenvalue weighted by molar-refractivity contribution is 7.86. The van der Waals surface area contributed by atoms with Gasteiger partial charge in [-0.15, -0.1) is 0 Å². The Bertz CT molecular complexity index is 2070. The zero-order chi connectivity index (χ0) is 29.1. The third-order valence-corrected chi connectivity index (χ3v) is 9.03. The van der Waals surface area contributed by atoms with E-state index in [4.69, 9.17) is 10.5 Å². The van der Waals surface area contributed by atoms with Gasteiger partial charge in [0.05, 0.1) is 0 Å². The maximum absolute atomic E-state index is 12.3. The summed E-state index contributed by atoms with van der Waals surface area (Å²) in [6, 6.07) is 16.6. The van der Waals surface area contributed by atoms with Gasteiger partial charge >= 0.3 is 0 Å². The fourth-order valence-electron chi connectivity index (χ4n) is 5.13. The molecule has 0 bridgehead atoms. The summed E-state index contributed by atoms with van der Waals surface area (Å²) in [4.78, 5) is -0.509. The molecule has 0 saturated heterocycles. The molecule has 0 spiro atoms. The Morgan fingerprint density at radius 3 is 2.17 bits per heavy atom. The van der Waals surface area contributed by atoms with Crippen LogP contribution in [0.25, 0.3) is 12.2 Å². The predicted octanol–water partition coefficient (Wildman–Crippen LogP) is 4.19. The minimum Gasteiger partial charge on any atom is -0.456 e. The van der Waals surface area contributed by atoms with Gasteiger partial charge in [0.15, 0.2) is 0 Å². The zero-order valence-electron chi connectivity index (χ0n) is 21.8. The maximum atomic E-state index is 12.3. The van der Waals surface area contributed by atoms with Gasteiger partial charge in [0, 0.05) is 45.0 Å². The second-order valence-corrected chi connectivity index (χ2v) is 12.3. The molecule has 0 aromatic heterocycles. The number of rotatable bonds is 5. The van der Waals surface area contributed by atoms with Crippen molar-refractivity contribution >= 4 is 49.5 Å². The molecule has 5 N–H and O–H groups in total. The zero-order valence-corrected chi connectivity index (χ0v) is 23.4. The quantitative estimate of drug-likeness (QED) is 0.177. The predicted molar refractivity (Wildman–Crippen MR) is 154 cm³/mol. The highest BCUT2D eigenvalue weighted by atomic mass is 32.2. The second-order valence-electron chi connectivity index (χ2n) is 9.58. The maximum Gasteiger partial charge on any atom is 0.295 e. The molecule has 4 aromatic carbocycles. The molecule has 206 valence electrons. The van der Waals surface area contributed by atoms with E-state index in [0.29, 0.717) is 61.1 Å². The Balaban J connectivity index is 1.72. The second kappa shape index (κ2) is 9.49. The summed E-state index contributed by atoms with van der Waals surface area (Å²) in [5, 5.41) is 4.50. The number of hydrogen-bond donors (Lipinski definition) is 4. The molecule has 1 aliphatic heterocycles. The molecular formula is C29H26N2O7S2. The number of ether oxygens (including phenoxy) is 1. The number of anilines is 3. The van der Waals surface area contributed by atoms with Crippen LogP contribution in [0.4, 0.5) is 17.1 Å². The van der Waals surface area contributed by atoms with Crippen LogP contribution < -0.4 is 26.2 Å². The lowest BCUT2D eigenvalue weighted by molar-refractivity contribution is 0.471. The van der Waals surface area contributed by atoms with E-state index in [1.54, 1.807) is 62.4 Å². The Morgan fingerprint density at radius 1 is 0.800 bits per heavy atom. The van der Waals surface area contributed by atoms with Crippen molar-refractivity contribution in [2.24, 2.45) is 0 Å². The van der Waals surface area contributed by atoms with Crippen LogP contribution in [0.5, 0.6) is 11.5 Å². The summed E-state index contributed by atoms with van der Waals surface area (Å²) < 4.78 is 74.8. The molecule has 40 heavy (non-hydrogen) atoms. The van der Waals surface area contributed by atoms with Crippen molar-refractivity contribution in [3.8, 4) is 11.5 Å². The van der Waals surface area contributed by atoms with Crippen molar-refractivity contribution in [1.82, 2.24) is 0 Å². The lowest BCUT2D eigenvalue weighted by atomic mass is 9.92. The highest BCUT2D eigenvalue weighted by Crippen LogP contribution is 2.41. The first-order valence-electron chi connectivity index (χ1n) is 12.0. The molecule has 0 saturated carbocycles.